The van der Waals surface area contributed by atoms with Crippen LogP contribution < -0.4 is 5.46 Å². The van der Waals surface area contributed by atoms with Crippen LogP contribution in [0.25, 0.3) is 11.1 Å². The van der Waals surface area contributed by atoms with Crippen LogP contribution in [0.3, 0.4) is 0 Å². The first-order chi connectivity index (χ1) is 9.06. The maximum absolute atomic E-state index is 9.05. The molecule has 0 amide bonds. The van der Waals surface area contributed by atoms with E-state index in [0.717, 1.165) is 24.1 Å². The van der Waals surface area contributed by atoms with Gasteiger partial charge in [-0.2, -0.15) is 5.10 Å². The summed E-state index contributed by atoms with van der Waals surface area (Å²) in [7, 11) is -1.41. The molecule has 0 fully saturated rings. The van der Waals surface area contributed by atoms with Crippen molar-refractivity contribution in [3.63, 3.8) is 0 Å². The Hall–Kier alpha value is -1.59. The van der Waals surface area contributed by atoms with E-state index in [-0.39, 0.29) is 0 Å². The molecule has 0 saturated heterocycles. The van der Waals surface area contributed by atoms with E-state index in [0.29, 0.717) is 11.4 Å². The molecule has 2 rings (SSSR count). The zero-order valence-electron chi connectivity index (χ0n) is 11.3. The van der Waals surface area contributed by atoms with Gasteiger partial charge in [-0.1, -0.05) is 38.1 Å². The first-order valence-electron chi connectivity index (χ1n) is 6.55. The Morgan fingerprint density at radius 3 is 2.42 bits per heavy atom. The third-order valence-electron chi connectivity index (χ3n) is 3.11. The van der Waals surface area contributed by atoms with E-state index in [1.54, 1.807) is 12.1 Å². The molecule has 1 aromatic heterocycles. The molecule has 0 atom stereocenters. The molecule has 100 valence electrons. The molecule has 0 aliphatic heterocycles. The number of hydrogen-bond donors (Lipinski definition) is 2. The molecule has 0 spiro atoms. The summed E-state index contributed by atoms with van der Waals surface area (Å²) in [4.78, 5) is 0. The highest BCUT2D eigenvalue weighted by Crippen LogP contribution is 2.17. The molecule has 0 bridgehead atoms. The standard InChI is InChI=1S/C14H19BN2O2/c1-11(2)7-8-17-10-13(9-16-17)12-3-5-14(6-4-12)15(18)19/h3-6,9-11,18-19H,7-8H2,1-2H3. The minimum atomic E-state index is -1.41. The summed E-state index contributed by atoms with van der Waals surface area (Å²) in [5.74, 6) is 0.665. The Bertz CT molecular complexity index is 520. The molecule has 0 radical (unpaired) electrons. The Morgan fingerprint density at radius 1 is 1.16 bits per heavy atom. The molecular weight excluding hydrogens is 239 g/mol. The van der Waals surface area contributed by atoms with Crippen molar-refractivity contribution in [1.29, 1.82) is 0 Å². The van der Waals surface area contributed by atoms with Crippen molar-refractivity contribution in [3.8, 4) is 11.1 Å². The lowest BCUT2D eigenvalue weighted by atomic mass is 9.80. The summed E-state index contributed by atoms with van der Waals surface area (Å²) in [6.07, 6.45) is 4.97. The number of nitrogens with zero attached hydrogens (tertiary/aromatic N) is 2. The van der Waals surface area contributed by atoms with Crippen LogP contribution in [0.2, 0.25) is 0 Å². The normalized spacial score (nSPS) is 11.0. The highest BCUT2D eigenvalue weighted by atomic mass is 16.4. The summed E-state index contributed by atoms with van der Waals surface area (Å²) in [6.45, 7) is 5.32. The summed E-state index contributed by atoms with van der Waals surface area (Å²) < 4.78 is 1.95. The summed E-state index contributed by atoms with van der Waals surface area (Å²) in [5, 5.41) is 22.4. The topological polar surface area (TPSA) is 58.3 Å². The fourth-order valence-corrected chi connectivity index (χ4v) is 1.87. The second-order valence-electron chi connectivity index (χ2n) is 5.17. The van der Waals surface area contributed by atoms with E-state index in [9.17, 15) is 0 Å². The van der Waals surface area contributed by atoms with Crippen LogP contribution in [0, 0.1) is 5.92 Å². The monoisotopic (exact) mass is 258 g/mol. The number of aryl methyl sites for hydroxylation is 1. The van der Waals surface area contributed by atoms with Crippen molar-refractivity contribution >= 4 is 12.6 Å². The molecule has 1 aromatic carbocycles. The predicted molar refractivity (Wildman–Crippen MR) is 76.9 cm³/mol. The quantitative estimate of drug-likeness (QED) is 0.794. The lowest BCUT2D eigenvalue weighted by Gasteiger charge is -2.04. The van der Waals surface area contributed by atoms with Gasteiger partial charge in [0, 0.05) is 18.3 Å². The number of aromatic nitrogens is 2. The van der Waals surface area contributed by atoms with Crippen molar-refractivity contribution in [2.24, 2.45) is 5.92 Å². The molecule has 0 aliphatic rings. The molecule has 0 aliphatic carbocycles. The highest BCUT2D eigenvalue weighted by molar-refractivity contribution is 6.58. The number of hydrogen-bond acceptors (Lipinski definition) is 3. The van der Waals surface area contributed by atoms with Crippen LogP contribution in [-0.2, 0) is 6.54 Å². The number of benzene rings is 1. The highest BCUT2D eigenvalue weighted by Gasteiger charge is 2.10. The fraction of sp³-hybridized carbons (Fsp3) is 0.357. The van der Waals surface area contributed by atoms with Gasteiger partial charge in [0.25, 0.3) is 0 Å². The van der Waals surface area contributed by atoms with Gasteiger partial charge >= 0.3 is 7.12 Å². The molecule has 4 nitrogen and oxygen atoms in total. The third-order valence-corrected chi connectivity index (χ3v) is 3.11. The second kappa shape index (κ2) is 6.04. The lowest BCUT2D eigenvalue weighted by molar-refractivity contribution is 0.426. The van der Waals surface area contributed by atoms with Crippen molar-refractivity contribution in [2.45, 2.75) is 26.8 Å². The Labute approximate surface area is 113 Å². The van der Waals surface area contributed by atoms with Crippen molar-refractivity contribution in [1.82, 2.24) is 9.78 Å². The maximum atomic E-state index is 9.05. The van der Waals surface area contributed by atoms with E-state index in [4.69, 9.17) is 10.0 Å². The maximum Gasteiger partial charge on any atom is 0.488 e. The van der Waals surface area contributed by atoms with Crippen LogP contribution in [0.4, 0.5) is 0 Å². The van der Waals surface area contributed by atoms with Crippen LogP contribution in [0.1, 0.15) is 20.3 Å². The summed E-state index contributed by atoms with van der Waals surface area (Å²) in [6, 6.07) is 7.17. The summed E-state index contributed by atoms with van der Waals surface area (Å²) >= 11 is 0. The van der Waals surface area contributed by atoms with Crippen LogP contribution in [0.5, 0.6) is 0 Å². The minimum Gasteiger partial charge on any atom is -0.423 e. The van der Waals surface area contributed by atoms with Crippen LogP contribution >= 0.6 is 0 Å². The molecule has 0 saturated carbocycles. The summed E-state index contributed by atoms with van der Waals surface area (Å²) in [5.41, 5.74) is 2.57. The van der Waals surface area contributed by atoms with Gasteiger partial charge in [0.15, 0.2) is 0 Å². The average Bonchev–Trinajstić information content (AvgIpc) is 2.85. The van der Waals surface area contributed by atoms with E-state index < -0.39 is 7.12 Å². The molecular formula is C14H19BN2O2. The molecule has 5 heteroatoms. The third kappa shape index (κ3) is 3.69. The van der Waals surface area contributed by atoms with Gasteiger partial charge in [-0.05, 0) is 23.4 Å². The van der Waals surface area contributed by atoms with Crippen molar-refractivity contribution < 1.29 is 10.0 Å². The fourth-order valence-electron chi connectivity index (χ4n) is 1.87. The van der Waals surface area contributed by atoms with Crippen LogP contribution in [0.15, 0.2) is 36.7 Å². The second-order valence-corrected chi connectivity index (χ2v) is 5.17. The van der Waals surface area contributed by atoms with Gasteiger partial charge < -0.3 is 10.0 Å². The van der Waals surface area contributed by atoms with Crippen LogP contribution in [-0.4, -0.2) is 26.9 Å². The van der Waals surface area contributed by atoms with Gasteiger partial charge in [-0.15, -0.1) is 0 Å². The van der Waals surface area contributed by atoms with E-state index in [1.165, 1.54) is 0 Å². The molecule has 19 heavy (non-hydrogen) atoms. The molecule has 2 aromatic rings. The zero-order valence-corrected chi connectivity index (χ0v) is 11.3. The molecule has 0 unspecified atom stereocenters. The Morgan fingerprint density at radius 2 is 1.84 bits per heavy atom. The average molecular weight is 258 g/mol. The van der Waals surface area contributed by atoms with Gasteiger partial charge in [-0.3, -0.25) is 4.68 Å². The van der Waals surface area contributed by atoms with Crippen molar-refractivity contribution in [3.05, 3.63) is 36.7 Å². The van der Waals surface area contributed by atoms with Crippen molar-refractivity contribution in [2.75, 3.05) is 0 Å². The smallest absolute Gasteiger partial charge is 0.423 e. The Balaban J connectivity index is 2.09. The molecule has 2 N–H and O–H groups in total. The lowest BCUT2D eigenvalue weighted by Crippen LogP contribution is -2.29. The SMILES string of the molecule is CC(C)CCn1cc(-c2ccc(B(O)O)cc2)cn1. The number of rotatable bonds is 5. The first kappa shape index (κ1) is 13.8. The van der Waals surface area contributed by atoms with E-state index in [1.807, 2.05) is 29.2 Å². The largest absolute Gasteiger partial charge is 0.488 e. The van der Waals surface area contributed by atoms with Gasteiger partial charge in [0.05, 0.1) is 6.20 Å². The van der Waals surface area contributed by atoms with Gasteiger partial charge in [0.2, 0.25) is 0 Å². The Kier molecular flexibility index (Phi) is 4.40. The zero-order chi connectivity index (χ0) is 13.8. The van der Waals surface area contributed by atoms with E-state index in [2.05, 4.69) is 18.9 Å². The molecule has 1 heterocycles. The van der Waals surface area contributed by atoms with Gasteiger partial charge in [-0.25, -0.2) is 0 Å². The predicted octanol–water partition coefficient (Wildman–Crippen LogP) is 1.28. The minimum absolute atomic E-state index is 0.496. The first-order valence-corrected chi connectivity index (χ1v) is 6.55. The van der Waals surface area contributed by atoms with E-state index >= 15 is 0 Å². The van der Waals surface area contributed by atoms with Gasteiger partial charge in [0.1, 0.15) is 0 Å².